The molecule has 0 amide bonds. The van der Waals surface area contributed by atoms with Gasteiger partial charge in [0, 0.05) is 0 Å². The highest BCUT2D eigenvalue weighted by atomic mass is 16.3. The van der Waals surface area contributed by atoms with Gasteiger partial charge in [-0.2, -0.15) is 0 Å². The minimum absolute atomic E-state index is 0.149. The van der Waals surface area contributed by atoms with Crippen LogP contribution >= 0.6 is 0 Å². The second kappa shape index (κ2) is 8.17. The predicted octanol–water partition coefficient (Wildman–Crippen LogP) is 7.14. The van der Waals surface area contributed by atoms with Crippen molar-refractivity contribution in [2.45, 2.75) is 70.8 Å². The molecule has 2 nitrogen and oxygen atoms in total. The Morgan fingerprint density at radius 1 is 0.939 bits per heavy atom. The number of phenolic OH excluding ortho intramolecular Hbond substituents is 1. The molecule has 5 atom stereocenters. The molecule has 0 saturated heterocycles. The molecule has 3 aromatic rings. The van der Waals surface area contributed by atoms with Crippen LogP contribution in [0.25, 0.3) is 10.8 Å². The van der Waals surface area contributed by atoms with Crippen molar-refractivity contribution in [2.75, 3.05) is 0 Å². The van der Waals surface area contributed by atoms with Crippen LogP contribution in [0.3, 0.4) is 0 Å². The molecule has 0 heterocycles. The SMILES string of the molecule is C[C@]12CCC3c4ccc(CO)cc4CCC3C1CC[C@H]2CCc1cc2ccccc2cc1O. The third-order valence-electron chi connectivity index (χ3n) is 9.88. The normalized spacial score (nSPS) is 30.6. The van der Waals surface area contributed by atoms with Crippen LogP contribution in [0.5, 0.6) is 5.75 Å². The van der Waals surface area contributed by atoms with Gasteiger partial charge in [-0.15, -0.1) is 0 Å². The summed E-state index contributed by atoms with van der Waals surface area (Å²) in [5, 5.41) is 22.5. The van der Waals surface area contributed by atoms with Crippen LogP contribution in [0.2, 0.25) is 0 Å². The molecule has 33 heavy (non-hydrogen) atoms. The van der Waals surface area contributed by atoms with E-state index in [4.69, 9.17) is 0 Å². The van der Waals surface area contributed by atoms with Gasteiger partial charge in [0.2, 0.25) is 0 Å². The van der Waals surface area contributed by atoms with Gasteiger partial charge < -0.3 is 10.2 Å². The molecule has 2 N–H and O–H groups in total. The average molecular weight is 441 g/mol. The van der Waals surface area contributed by atoms with E-state index in [9.17, 15) is 10.2 Å². The molecule has 3 aliphatic carbocycles. The first kappa shape index (κ1) is 21.2. The molecule has 2 saturated carbocycles. The van der Waals surface area contributed by atoms with Gasteiger partial charge in [0.1, 0.15) is 5.75 Å². The summed E-state index contributed by atoms with van der Waals surface area (Å²) >= 11 is 0. The quantitative estimate of drug-likeness (QED) is 0.452. The monoisotopic (exact) mass is 440 g/mol. The van der Waals surface area contributed by atoms with Gasteiger partial charge in [-0.25, -0.2) is 0 Å². The summed E-state index contributed by atoms with van der Waals surface area (Å²) in [4.78, 5) is 0. The zero-order valence-electron chi connectivity index (χ0n) is 19.8. The summed E-state index contributed by atoms with van der Waals surface area (Å²) in [5.41, 5.74) is 5.69. The highest BCUT2D eigenvalue weighted by Crippen LogP contribution is 2.63. The Hall–Kier alpha value is -2.32. The molecular weight excluding hydrogens is 404 g/mol. The summed E-state index contributed by atoms with van der Waals surface area (Å²) in [6, 6.07) is 19.2. The lowest BCUT2D eigenvalue weighted by atomic mass is 9.54. The van der Waals surface area contributed by atoms with Crippen molar-refractivity contribution in [2.24, 2.45) is 23.2 Å². The van der Waals surface area contributed by atoms with Crippen LogP contribution in [0.1, 0.15) is 73.6 Å². The summed E-state index contributed by atoms with van der Waals surface area (Å²) in [6.45, 7) is 2.74. The number of rotatable bonds is 4. The molecule has 3 unspecified atom stereocenters. The van der Waals surface area contributed by atoms with Gasteiger partial charge in [0.15, 0.2) is 0 Å². The molecule has 0 aliphatic heterocycles. The Bertz CT molecular complexity index is 1180. The highest BCUT2D eigenvalue weighted by molar-refractivity contribution is 5.84. The molecule has 0 radical (unpaired) electrons. The van der Waals surface area contributed by atoms with E-state index in [1.165, 1.54) is 55.9 Å². The molecule has 6 rings (SSSR count). The molecule has 0 bridgehead atoms. The van der Waals surface area contributed by atoms with Crippen LogP contribution in [0, 0.1) is 23.2 Å². The van der Waals surface area contributed by atoms with Gasteiger partial charge >= 0.3 is 0 Å². The minimum atomic E-state index is 0.149. The maximum atomic E-state index is 10.6. The van der Waals surface area contributed by atoms with Gasteiger partial charge in [-0.1, -0.05) is 49.4 Å². The lowest BCUT2D eigenvalue weighted by molar-refractivity contribution is 0.0260. The van der Waals surface area contributed by atoms with E-state index in [1.807, 2.05) is 12.1 Å². The van der Waals surface area contributed by atoms with E-state index < -0.39 is 0 Å². The molecule has 2 heteroatoms. The summed E-state index contributed by atoms with van der Waals surface area (Å²) in [5.74, 6) is 3.57. The number of phenols is 1. The number of aliphatic hydroxyl groups is 1. The molecule has 0 aromatic heterocycles. The van der Waals surface area contributed by atoms with E-state index in [0.29, 0.717) is 17.1 Å². The van der Waals surface area contributed by atoms with E-state index in [0.717, 1.165) is 40.7 Å². The zero-order valence-corrected chi connectivity index (χ0v) is 19.8. The Kier molecular flexibility index (Phi) is 5.25. The van der Waals surface area contributed by atoms with Crippen molar-refractivity contribution in [1.82, 2.24) is 0 Å². The van der Waals surface area contributed by atoms with E-state index in [1.54, 1.807) is 5.56 Å². The lowest BCUT2D eigenvalue weighted by Crippen LogP contribution is -2.42. The number of benzene rings is 3. The molecule has 2 fully saturated rings. The smallest absolute Gasteiger partial charge is 0.119 e. The fourth-order valence-corrected chi connectivity index (χ4v) is 8.12. The zero-order chi connectivity index (χ0) is 22.6. The maximum absolute atomic E-state index is 10.6. The Labute approximate surface area is 197 Å². The number of aliphatic hydroxyl groups excluding tert-OH is 1. The van der Waals surface area contributed by atoms with E-state index in [2.05, 4.69) is 49.4 Å². The summed E-state index contributed by atoms with van der Waals surface area (Å²) in [7, 11) is 0. The fourth-order valence-electron chi connectivity index (χ4n) is 8.12. The molecule has 3 aromatic carbocycles. The predicted molar refractivity (Wildman–Crippen MR) is 134 cm³/mol. The first-order valence-corrected chi connectivity index (χ1v) is 13.0. The summed E-state index contributed by atoms with van der Waals surface area (Å²) < 4.78 is 0. The van der Waals surface area contributed by atoms with Crippen LogP contribution in [-0.4, -0.2) is 10.2 Å². The second-order valence-corrected chi connectivity index (χ2v) is 11.3. The van der Waals surface area contributed by atoms with Crippen LogP contribution in [0.4, 0.5) is 0 Å². The Morgan fingerprint density at radius 3 is 2.58 bits per heavy atom. The van der Waals surface area contributed by atoms with Crippen molar-refractivity contribution in [1.29, 1.82) is 0 Å². The van der Waals surface area contributed by atoms with Crippen molar-refractivity contribution in [3.8, 4) is 5.75 Å². The van der Waals surface area contributed by atoms with E-state index in [-0.39, 0.29) is 6.61 Å². The standard InChI is InChI=1S/C31H36O2/c1-31-15-14-27-26-11-6-20(19-32)16-23(26)8-12-28(27)29(31)13-10-25(31)9-7-24-17-21-4-2-3-5-22(21)18-30(24)33/h2-6,11,16-18,25,27-29,32-33H,7-10,12-15,19H2,1H3/t25-,27?,28?,29?,31-/m1/s1. The third-order valence-corrected chi connectivity index (χ3v) is 9.88. The first-order chi connectivity index (χ1) is 16.1. The van der Waals surface area contributed by atoms with Gasteiger partial charge in [-0.05, 0) is 126 Å². The number of hydrogen-bond acceptors (Lipinski definition) is 2. The van der Waals surface area contributed by atoms with Crippen molar-refractivity contribution in [3.63, 3.8) is 0 Å². The van der Waals surface area contributed by atoms with Gasteiger partial charge in [-0.3, -0.25) is 0 Å². The molecular formula is C31H36O2. The largest absolute Gasteiger partial charge is 0.508 e. The molecule has 3 aliphatic rings. The third kappa shape index (κ3) is 3.49. The van der Waals surface area contributed by atoms with Crippen LogP contribution < -0.4 is 0 Å². The van der Waals surface area contributed by atoms with Gasteiger partial charge in [0.25, 0.3) is 0 Å². The number of aromatic hydroxyl groups is 1. The Morgan fingerprint density at radius 2 is 1.76 bits per heavy atom. The Balaban J connectivity index is 1.20. The van der Waals surface area contributed by atoms with Crippen LogP contribution in [0.15, 0.2) is 54.6 Å². The minimum Gasteiger partial charge on any atom is -0.508 e. The van der Waals surface area contributed by atoms with Crippen molar-refractivity contribution in [3.05, 3.63) is 76.9 Å². The lowest BCUT2D eigenvalue weighted by Gasteiger charge is -2.51. The number of fused-ring (bicyclic) bond motifs is 6. The van der Waals surface area contributed by atoms with Crippen molar-refractivity contribution >= 4 is 10.8 Å². The number of aryl methyl sites for hydroxylation is 2. The topological polar surface area (TPSA) is 40.5 Å². The highest BCUT2D eigenvalue weighted by Gasteiger charge is 2.54. The molecule has 0 spiro atoms. The molecule has 172 valence electrons. The van der Waals surface area contributed by atoms with Crippen molar-refractivity contribution < 1.29 is 10.2 Å². The van der Waals surface area contributed by atoms with Gasteiger partial charge in [0.05, 0.1) is 6.61 Å². The summed E-state index contributed by atoms with van der Waals surface area (Å²) in [6.07, 6.45) is 10.00. The van der Waals surface area contributed by atoms with E-state index >= 15 is 0 Å². The maximum Gasteiger partial charge on any atom is 0.119 e. The first-order valence-electron chi connectivity index (χ1n) is 13.0. The average Bonchev–Trinajstić information content (AvgIpc) is 3.18. The fraction of sp³-hybridized carbons (Fsp3) is 0.484. The number of hydrogen-bond donors (Lipinski definition) is 2. The second-order valence-electron chi connectivity index (χ2n) is 11.3. The van der Waals surface area contributed by atoms with Crippen LogP contribution in [-0.2, 0) is 19.4 Å².